The van der Waals surface area contributed by atoms with Crippen LogP contribution in [0.4, 0.5) is 0 Å². The Morgan fingerprint density at radius 3 is 2.50 bits per heavy atom. The van der Waals surface area contributed by atoms with Crippen molar-refractivity contribution in [3.8, 4) is 0 Å². The highest BCUT2D eigenvalue weighted by Crippen LogP contribution is 2.04. The van der Waals surface area contributed by atoms with Gasteiger partial charge >= 0.3 is 0 Å². The maximum Gasteiger partial charge on any atom is 0.0163 e. The second-order valence-corrected chi connectivity index (χ2v) is 5.27. The molecular formula is C16H26N2. The highest BCUT2D eigenvalue weighted by Gasteiger charge is 2.07. The summed E-state index contributed by atoms with van der Waals surface area (Å²) in [7, 11) is 2.14. The van der Waals surface area contributed by atoms with Crippen LogP contribution in [0.5, 0.6) is 0 Å². The molecule has 1 atom stereocenters. The Morgan fingerprint density at radius 1 is 1.22 bits per heavy atom. The second kappa shape index (κ2) is 8.06. The van der Waals surface area contributed by atoms with Gasteiger partial charge in [0.15, 0.2) is 0 Å². The van der Waals surface area contributed by atoms with Gasteiger partial charge in [0.25, 0.3) is 0 Å². The zero-order valence-electron chi connectivity index (χ0n) is 11.8. The van der Waals surface area contributed by atoms with Crippen LogP contribution < -0.4 is 5.73 Å². The van der Waals surface area contributed by atoms with Gasteiger partial charge in [-0.25, -0.2) is 0 Å². The Labute approximate surface area is 111 Å². The number of nitrogens with two attached hydrogens (primary N) is 1. The smallest absolute Gasteiger partial charge is 0.0163 e. The molecule has 100 valence electrons. The lowest BCUT2D eigenvalue weighted by molar-refractivity contribution is 0.328. The summed E-state index contributed by atoms with van der Waals surface area (Å²) in [6.07, 6.45) is 5.43. The van der Waals surface area contributed by atoms with Crippen molar-refractivity contribution in [1.29, 1.82) is 0 Å². The summed E-state index contributed by atoms with van der Waals surface area (Å²) < 4.78 is 0. The van der Waals surface area contributed by atoms with Gasteiger partial charge in [-0.2, -0.15) is 0 Å². The number of likely N-dealkylation sites (N-methyl/N-ethyl adjacent to an activating group) is 1. The predicted octanol–water partition coefficient (Wildman–Crippen LogP) is 3.01. The molecule has 0 fully saturated rings. The molecule has 0 aromatic heterocycles. The van der Waals surface area contributed by atoms with E-state index in [1.165, 1.54) is 5.56 Å². The third kappa shape index (κ3) is 5.99. The minimum absolute atomic E-state index is 0.311. The molecular weight excluding hydrogens is 220 g/mol. The normalized spacial score (nSPS) is 13.7. The molecule has 0 amide bonds. The van der Waals surface area contributed by atoms with Gasteiger partial charge in [-0.3, -0.25) is 0 Å². The number of hydrogen-bond donors (Lipinski definition) is 1. The van der Waals surface area contributed by atoms with Crippen LogP contribution in [0.3, 0.4) is 0 Å². The number of nitrogens with zero attached hydrogens (tertiary/aromatic N) is 1. The van der Waals surface area contributed by atoms with E-state index >= 15 is 0 Å². The topological polar surface area (TPSA) is 29.3 Å². The molecule has 1 rings (SSSR count). The maximum absolute atomic E-state index is 6.04. The van der Waals surface area contributed by atoms with Crippen molar-refractivity contribution >= 4 is 6.08 Å². The van der Waals surface area contributed by atoms with Crippen LogP contribution in [-0.2, 0) is 0 Å². The number of rotatable bonds is 7. The van der Waals surface area contributed by atoms with Crippen LogP contribution in [0.2, 0.25) is 0 Å². The summed E-state index contributed by atoms with van der Waals surface area (Å²) >= 11 is 0. The molecule has 0 radical (unpaired) electrons. The molecule has 0 spiro atoms. The molecule has 0 bridgehead atoms. The maximum atomic E-state index is 6.04. The summed E-state index contributed by atoms with van der Waals surface area (Å²) in [4.78, 5) is 2.31. The molecule has 2 nitrogen and oxygen atoms in total. The van der Waals surface area contributed by atoms with Gasteiger partial charge in [-0.05, 0) is 31.5 Å². The standard InChI is InChI=1S/C16H26N2/c1-14(2)16(17)11-13-18(3)12-7-10-15-8-5-4-6-9-15/h4-10,14,16H,11-13,17H2,1-3H3/b10-7+. The Balaban J connectivity index is 2.25. The first-order valence-electron chi connectivity index (χ1n) is 6.75. The van der Waals surface area contributed by atoms with Crippen LogP contribution in [0.15, 0.2) is 36.4 Å². The van der Waals surface area contributed by atoms with E-state index in [-0.39, 0.29) is 0 Å². The van der Waals surface area contributed by atoms with Crippen molar-refractivity contribution in [2.75, 3.05) is 20.1 Å². The summed E-state index contributed by atoms with van der Waals surface area (Å²) in [5, 5.41) is 0. The molecule has 0 saturated carbocycles. The van der Waals surface area contributed by atoms with E-state index in [0.717, 1.165) is 19.5 Å². The van der Waals surface area contributed by atoms with Gasteiger partial charge < -0.3 is 10.6 Å². The minimum atomic E-state index is 0.311. The van der Waals surface area contributed by atoms with Crippen molar-refractivity contribution in [3.63, 3.8) is 0 Å². The van der Waals surface area contributed by atoms with Crippen LogP contribution >= 0.6 is 0 Å². The van der Waals surface area contributed by atoms with Crippen LogP contribution in [0.25, 0.3) is 6.08 Å². The molecule has 1 aromatic rings. The van der Waals surface area contributed by atoms with E-state index in [2.05, 4.69) is 62.2 Å². The monoisotopic (exact) mass is 246 g/mol. The first-order valence-corrected chi connectivity index (χ1v) is 6.75. The van der Waals surface area contributed by atoms with Gasteiger partial charge in [0.1, 0.15) is 0 Å². The van der Waals surface area contributed by atoms with Gasteiger partial charge in [0, 0.05) is 12.6 Å². The number of benzene rings is 1. The lowest BCUT2D eigenvalue weighted by atomic mass is 10.0. The highest BCUT2D eigenvalue weighted by molar-refractivity contribution is 5.48. The summed E-state index contributed by atoms with van der Waals surface area (Å²) in [5.74, 6) is 0.568. The van der Waals surface area contributed by atoms with Crippen molar-refractivity contribution in [3.05, 3.63) is 42.0 Å². The van der Waals surface area contributed by atoms with Crippen molar-refractivity contribution in [1.82, 2.24) is 4.90 Å². The molecule has 0 saturated heterocycles. The van der Waals surface area contributed by atoms with Crippen LogP contribution in [0, 0.1) is 5.92 Å². The second-order valence-electron chi connectivity index (χ2n) is 5.27. The van der Waals surface area contributed by atoms with E-state index in [1.807, 2.05) is 6.07 Å². The Bertz CT molecular complexity index is 343. The molecule has 0 aliphatic heterocycles. The van der Waals surface area contributed by atoms with Crippen molar-refractivity contribution in [2.24, 2.45) is 11.7 Å². The molecule has 0 aliphatic rings. The Morgan fingerprint density at radius 2 is 1.89 bits per heavy atom. The van der Waals surface area contributed by atoms with Gasteiger partial charge in [-0.1, -0.05) is 56.3 Å². The molecule has 0 aliphatic carbocycles. The molecule has 2 heteroatoms. The molecule has 18 heavy (non-hydrogen) atoms. The third-order valence-corrected chi connectivity index (χ3v) is 3.23. The van der Waals surface area contributed by atoms with Gasteiger partial charge in [0.05, 0.1) is 0 Å². The van der Waals surface area contributed by atoms with Gasteiger partial charge in [0.2, 0.25) is 0 Å². The minimum Gasteiger partial charge on any atom is -0.327 e. The third-order valence-electron chi connectivity index (χ3n) is 3.23. The van der Waals surface area contributed by atoms with Crippen LogP contribution in [0.1, 0.15) is 25.8 Å². The molecule has 0 heterocycles. The van der Waals surface area contributed by atoms with Crippen molar-refractivity contribution in [2.45, 2.75) is 26.3 Å². The summed E-state index contributed by atoms with van der Waals surface area (Å²) in [6.45, 7) is 6.39. The average Bonchev–Trinajstić information content (AvgIpc) is 2.37. The highest BCUT2D eigenvalue weighted by atomic mass is 15.1. The van der Waals surface area contributed by atoms with E-state index in [4.69, 9.17) is 5.73 Å². The Hall–Kier alpha value is -1.12. The lowest BCUT2D eigenvalue weighted by Gasteiger charge is -2.20. The molecule has 1 aromatic carbocycles. The Kier molecular flexibility index (Phi) is 6.69. The average molecular weight is 246 g/mol. The first kappa shape index (κ1) is 14.9. The fourth-order valence-electron chi connectivity index (χ4n) is 1.73. The molecule has 2 N–H and O–H groups in total. The first-order chi connectivity index (χ1) is 8.59. The van der Waals surface area contributed by atoms with Crippen LogP contribution in [-0.4, -0.2) is 31.1 Å². The van der Waals surface area contributed by atoms with Gasteiger partial charge in [-0.15, -0.1) is 0 Å². The van der Waals surface area contributed by atoms with E-state index in [1.54, 1.807) is 0 Å². The summed E-state index contributed by atoms with van der Waals surface area (Å²) in [6, 6.07) is 10.7. The predicted molar refractivity (Wildman–Crippen MR) is 80.4 cm³/mol. The van der Waals surface area contributed by atoms with E-state index < -0.39 is 0 Å². The van der Waals surface area contributed by atoms with Crippen molar-refractivity contribution < 1.29 is 0 Å². The zero-order chi connectivity index (χ0) is 13.4. The summed E-state index contributed by atoms with van der Waals surface area (Å²) in [5.41, 5.74) is 7.29. The van der Waals surface area contributed by atoms with E-state index in [0.29, 0.717) is 12.0 Å². The lowest BCUT2D eigenvalue weighted by Crippen LogP contribution is -2.31. The fraction of sp³-hybridized carbons (Fsp3) is 0.500. The SMILES string of the molecule is CC(C)C(N)CCN(C)C/C=C/c1ccccc1. The fourth-order valence-corrected chi connectivity index (χ4v) is 1.73. The molecule has 1 unspecified atom stereocenters. The quantitative estimate of drug-likeness (QED) is 0.801. The zero-order valence-corrected chi connectivity index (χ0v) is 11.8. The number of hydrogen-bond acceptors (Lipinski definition) is 2. The largest absolute Gasteiger partial charge is 0.327 e. The van der Waals surface area contributed by atoms with E-state index in [9.17, 15) is 0 Å².